The van der Waals surface area contributed by atoms with E-state index in [4.69, 9.17) is 4.52 Å². The zero-order chi connectivity index (χ0) is 17.2. The van der Waals surface area contributed by atoms with Crippen molar-refractivity contribution in [3.8, 4) is 0 Å². The molecule has 0 aliphatic rings. The number of sulfonamides is 1. The van der Waals surface area contributed by atoms with Crippen LogP contribution in [-0.2, 0) is 10.0 Å². The first-order valence-corrected chi connectivity index (χ1v) is 8.74. The predicted octanol–water partition coefficient (Wildman–Crippen LogP) is 2.61. The monoisotopic (exact) mass is 337 g/mol. The number of nitrogens with zero attached hydrogens (tertiary/aromatic N) is 1. The standard InChI is InChI=1S/C15H19N3O4S/c1-5-23(20,21)18-13-7-6-12(8-9(13)2)16-15(19)14-10(3)17-22-11(14)4/h6-8,18H,5H2,1-4H3,(H,16,19). The topological polar surface area (TPSA) is 101 Å². The summed E-state index contributed by atoms with van der Waals surface area (Å²) in [6, 6.07) is 4.95. The zero-order valence-corrected chi connectivity index (χ0v) is 14.2. The van der Waals surface area contributed by atoms with Crippen molar-refractivity contribution < 1.29 is 17.7 Å². The summed E-state index contributed by atoms with van der Waals surface area (Å²) in [6.07, 6.45) is 0. The molecule has 2 N–H and O–H groups in total. The second-order valence-corrected chi connectivity index (χ2v) is 7.20. The second-order valence-electron chi connectivity index (χ2n) is 5.19. The fraction of sp³-hybridized carbons (Fsp3) is 0.333. The molecular formula is C15H19N3O4S. The number of hydrogen-bond acceptors (Lipinski definition) is 5. The predicted molar refractivity (Wildman–Crippen MR) is 88.2 cm³/mol. The maximum absolute atomic E-state index is 12.3. The summed E-state index contributed by atoms with van der Waals surface area (Å²) >= 11 is 0. The molecule has 8 heteroatoms. The summed E-state index contributed by atoms with van der Waals surface area (Å²) in [5.41, 5.74) is 2.68. The average molecular weight is 337 g/mol. The Labute approximate surface area is 135 Å². The summed E-state index contributed by atoms with van der Waals surface area (Å²) in [4.78, 5) is 12.3. The highest BCUT2D eigenvalue weighted by atomic mass is 32.2. The lowest BCUT2D eigenvalue weighted by Gasteiger charge is -2.11. The van der Waals surface area contributed by atoms with Crippen LogP contribution < -0.4 is 10.0 Å². The summed E-state index contributed by atoms with van der Waals surface area (Å²) in [7, 11) is -3.34. The van der Waals surface area contributed by atoms with Crippen LogP contribution in [0.25, 0.3) is 0 Å². The Kier molecular flexibility index (Phi) is 4.74. The lowest BCUT2D eigenvalue weighted by Crippen LogP contribution is -2.16. The van der Waals surface area contributed by atoms with Crippen molar-refractivity contribution in [3.63, 3.8) is 0 Å². The molecule has 1 heterocycles. The van der Waals surface area contributed by atoms with Gasteiger partial charge in [-0.3, -0.25) is 9.52 Å². The molecule has 0 spiro atoms. The highest BCUT2D eigenvalue weighted by Gasteiger charge is 2.18. The van der Waals surface area contributed by atoms with E-state index in [-0.39, 0.29) is 11.7 Å². The number of carbonyl (C=O) groups excluding carboxylic acids is 1. The van der Waals surface area contributed by atoms with Gasteiger partial charge in [-0.2, -0.15) is 0 Å². The lowest BCUT2D eigenvalue weighted by molar-refractivity contribution is 0.102. The molecule has 2 rings (SSSR count). The molecule has 7 nitrogen and oxygen atoms in total. The van der Waals surface area contributed by atoms with Gasteiger partial charge in [0.2, 0.25) is 10.0 Å². The van der Waals surface area contributed by atoms with E-state index in [0.717, 1.165) is 0 Å². The third kappa shape index (κ3) is 3.89. The van der Waals surface area contributed by atoms with Crippen molar-refractivity contribution >= 4 is 27.3 Å². The number of hydrogen-bond donors (Lipinski definition) is 2. The Bertz CT molecular complexity index is 821. The van der Waals surface area contributed by atoms with Gasteiger partial charge in [0, 0.05) is 5.69 Å². The van der Waals surface area contributed by atoms with Crippen molar-refractivity contribution in [3.05, 3.63) is 40.8 Å². The minimum atomic E-state index is -3.34. The number of anilines is 2. The molecule has 0 atom stereocenters. The van der Waals surface area contributed by atoms with Crippen molar-refractivity contribution in [1.82, 2.24) is 5.16 Å². The number of carbonyl (C=O) groups is 1. The van der Waals surface area contributed by atoms with Crippen LogP contribution in [0.1, 0.15) is 34.3 Å². The average Bonchev–Trinajstić information content (AvgIpc) is 2.81. The van der Waals surface area contributed by atoms with Crippen molar-refractivity contribution in [2.75, 3.05) is 15.8 Å². The van der Waals surface area contributed by atoms with Crippen LogP contribution in [0.3, 0.4) is 0 Å². The van der Waals surface area contributed by atoms with Crippen LogP contribution in [-0.4, -0.2) is 25.2 Å². The maximum Gasteiger partial charge on any atom is 0.261 e. The van der Waals surface area contributed by atoms with Crippen LogP contribution in [0.2, 0.25) is 0 Å². The Hall–Kier alpha value is -2.35. The number of aromatic nitrogens is 1. The number of aryl methyl sites for hydroxylation is 3. The molecule has 0 saturated carbocycles. The first-order valence-electron chi connectivity index (χ1n) is 7.09. The van der Waals surface area contributed by atoms with Gasteiger partial charge < -0.3 is 9.84 Å². The summed E-state index contributed by atoms with van der Waals surface area (Å²) in [5.74, 6) is 0.128. The SMILES string of the molecule is CCS(=O)(=O)Nc1ccc(NC(=O)c2c(C)noc2C)cc1C. The van der Waals surface area contributed by atoms with Gasteiger partial charge in [-0.25, -0.2) is 8.42 Å². The van der Waals surface area contributed by atoms with Crippen LogP contribution >= 0.6 is 0 Å². The van der Waals surface area contributed by atoms with E-state index in [0.29, 0.717) is 34.0 Å². The Morgan fingerprint density at radius 3 is 2.48 bits per heavy atom. The van der Waals surface area contributed by atoms with E-state index < -0.39 is 10.0 Å². The van der Waals surface area contributed by atoms with Gasteiger partial charge in [-0.15, -0.1) is 0 Å². The van der Waals surface area contributed by atoms with Gasteiger partial charge in [0.1, 0.15) is 11.3 Å². The molecule has 0 radical (unpaired) electrons. The van der Waals surface area contributed by atoms with E-state index in [1.807, 2.05) is 0 Å². The number of rotatable bonds is 5. The fourth-order valence-corrected chi connectivity index (χ4v) is 2.80. The smallest absolute Gasteiger partial charge is 0.261 e. The zero-order valence-electron chi connectivity index (χ0n) is 13.4. The minimum absolute atomic E-state index is 0.00301. The number of nitrogens with one attached hydrogen (secondary N) is 2. The molecular weight excluding hydrogens is 318 g/mol. The molecule has 1 aromatic heterocycles. The quantitative estimate of drug-likeness (QED) is 0.873. The molecule has 23 heavy (non-hydrogen) atoms. The first-order chi connectivity index (χ1) is 10.7. The molecule has 124 valence electrons. The van der Waals surface area contributed by atoms with Gasteiger partial charge in [0.25, 0.3) is 5.91 Å². The molecule has 0 saturated heterocycles. The van der Waals surface area contributed by atoms with E-state index in [9.17, 15) is 13.2 Å². The van der Waals surface area contributed by atoms with Crippen molar-refractivity contribution in [2.24, 2.45) is 0 Å². The van der Waals surface area contributed by atoms with E-state index in [1.54, 1.807) is 45.9 Å². The summed E-state index contributed by atoms with van der Waals surface area (Å²) < 4.78 is 30.7. The molecule has 0 unspecified atom stereocenters. The van der Waals surface area contributed by atoms with E-state index in [2.05, 4.69) is 15.2 Å². The highest BCUT2D eigenvalue weighted by Crippen LogP contribution is 2.22. The molecule has 0 aliphatic carbocycles. The molecule has 0 aliphatic heterocycles. The summed E-state index contributed by atoms with van der Waals surface area (Å²) in [6.45, 7) is 6.69. The number of amides is 1. The van der Waals surface area contributed by atoms with Gasteiger partial charge in [0.05, 0.1) is 17.1 Å². The Balaban J connectivity index is 2.20. The molecule has 0 fully saturated rings. The minimum Gasteiger partial charge on any atom is -0.361 e. The lowest BCUT2D eigenvalue weighted by atomic mass is 10.1. The van der Waals surface area contributed by atoms with Gasteiger partial charge in [0.15, 0.2) is 0 Å². The third-order valence-corrected chi connectivity index (χ3v) is 4.68. The number of benzene rings is 1. The van der Waals surface area contributed by atoms with E-state index >= 15 is 0 Å². The van der Waals surface area contributed by atoms with Gasteiger partial charge in [-0.1, -0.05) is 5.16 Å². The van der Waals surface area contributed by atoms with Gasteiger partial charge >= 0.3 is 0 Å². The second kappa shape index (κ2) is 6.41. The van der Waals surface area contributed by atoms with E-state index in [1.165, 1.54) is 0 Å². The molecule has 1 aromatic carbocycles. The summed E-state index contributed by atoms with van der Waals surface area (Å²) in [5, 5.41) is 6.50. The normalized spacial score (nSPS) is 11.3. The van der Waals surface area contributed by atoms with Crippen molar-refractivity contribution in [1.29, 1.82) is 0 Å². The Morgan fingerprint density at radius 1 is 1.26 bits per heavy atom. The molecule has 0 bridgehead atoms. The fourth-order valence-electron chi connectivity index (χ4n) is 2.10. The van der Waals surface area contributed by atoms with Crippen LogP contribution in [0.5, 0.6) is 0 Å². The van der Waals surface area contributed by atoms with Crippen LogP contribution in [0.4, 0.5) is 11.4 Å². The van der Waals surface area contributed by atoms with Crippen LogP contribution in [0, 0.1) is 20.8 Å². The Morgan fingerprint density at radius 2 is 1.96 bits per heavy atom. The molecule has 2 aromatic rings. The third-order valence-electron chi connectivity index (χ3n) is 3.39. The first kappa shape index (κ1) is 17.0. The molecule has 1 amide bonds. The van der Waals surface area contributed by atoms with Gasteiger partial charge in [-0.05, 0) is 51.5 Å². The maximum atomic E-state index is 12.3. The van der Waals surface area contributed by atoms with Crippen LogP contribution in [0.15, 0.2) is 22.7 Å². The van der Waals surface area contributed by atoms with Crippen molar-refractivity contribution in [2.45, 2.75) is 27.7 Å². The highest BCUT2D eigenvalue weighted by molar-refractivity contribution is 7.92. The largest absolute Gasteiger partial charge is 0.361 e.